The monoisotopic (exact) mass is 496 g/mol. The Morgan fingerprint density at radius 1 is 0.941 bits per heavy atom. The molecule has 0 spiro atoms. The number of hydrogen-bond acceptors (Lipinski definition) is 6. The van der Waals surface area contributed by atoms with Gasteiger partial charge in [-0.3, -0.25) is 14.4 Å². The van der Waals surface area contributed by atoms with Crippen LogP contribution in [0.3, 0.4) is 0 Å². The smallest absolute Gasteiger partial charge is 0.234 e. The van der Waals surface area contributed by atoms with Crippen LogP contribution in [0.4, 0.5) is 17.1 Å². The number of nitrogens with one attached hydrogen (secondary N) is 3. The minimum atomic E-state index is -0.179. The van der Waals surface area contributed by atoms with Gasteiger partial charge in [0.05, 0.1) is 17.9 Å². The summed E-state index contributed by atoms with van der Waals surface area (Å²) < 4.78 is 0.727. The molecule has 0 aliphatic carbocycles. The Balaban J connectivity index is 1.43. The topological polar surface area (TPSA) is 100 Å². The standard InChI is InChI=1S/C25H28N4O3S2/c1-3-4-6-18-9-11-19(12-10-18)27-23(31)14-22-15-33-25(29-22)34-16-24(32)28-21-8-5-7-20(13-21)26-17(2)30/h5,7-13,15H,3-4,6,14,16H2,1-2H3,(H,26,30)(H,27,31)(H,28,32). The zero-order valence-corrected chi connectivity index (χ0v) is 20.9. The van der Waals surface area contributed by atoms with E-state index < -0.39 is 0 Å². The van der Waals surface area contributed by atoms with Gasteiger partial charge in [0.2, 0.25) is 17.7 Å². The van der Waals surface area contributed by atoms with Gasteiger partial charge in [-0.25, -0.2) is 4.98 Å². The molecule has 0 fully saturated rings. The van der Waals surface area contributed by atoms with E-state index in [1.807, 2.05) is 29.6 Å². The number of rotatable bonds is 11. The molecule has 34 heavy (non-hydrogen) atoms. The van der Waals surface area contributed by atoms with Crippen molar-refractivity contribution in [1.82, 2.24) is 4.98 Å². The first-order valence-corrected chi connectivity index (χ1v) is 12.9. The average molecular weight is 497 g/mol. The Morgan fingerprint density at radius 3 is 2.35 bits per heavy atom. The van der Waals surface area contributed by atoms with Crippen molar-refractivity contribution in [1.29, 1.82) is 0 Å². The highest BCUT2D eigenvalue weighted by atomic mass is 32.2. The molecule has 0 aliphatic heterocycles. The normalized spacial score (nSPS) is 10.5. The first-order valence-electron chi connectivity index (χ1n) is 11.0. The Bertz CT molecular complexity index is 1130. The highest BCUT2D eigenvalue weighted by Gasteiger charge is 2.11. The second-order valence-electron chi connectivity index (χ2n) is 7.73. The van der Waals surface area contributed by atoms with E-state index in [1.165, 1.54) is 35.6 Å². The van der Waals surface area contributed by atoms with Crippen LogP contribution in [0.15, 0.2) is 58.3 Å². The van der Waals surface area contributed by atoms with Gasteiger partial charge in [0, 0.05) is 29.4 Å². The Morgan fingerprint density at radius 2 is 1.65 bits per heavy atom. The van der Waals surface area contributed by atoms with Gasteiger partial charge in [-0.05, 0) is 48.7 Å². The quantitative estimate of drug-likeness (QED) is 0.311. The predicted octanol–water partition coefficient (Wildman–Crippen LogP) is 5.36. The summed E-state index contributed by atoms with van der Waals surface area (Å²) in [7, 11) is 0. The predicted molar refractivity (Wildman–Crippen MR) is 140 cm³/mol. The largest absolute Gasteiger partial charge is 0.326 e. The highest BCUT2D eigenvalue weighted by molar-refractivity contribution is 8.01. The van der Waals surface area contributed by atoms with E-state index in [2.05, 4.69) is 27.9 Å². The van der Waals surface area contributed by atoms with Crippen LogP contribution >= 0.6 is 23.1 Å². The lowest BCUT2D eigenvalue weighted by Crippen LogP contribution is -2.15. The number of carbonyl (C=O) groups excluding carboxylic acids is 3. The number of thiazole rings is 1. The van der Waals surface area contributed by atoms with Crippen molar-refractivity contribution < 1.29 is 14.4 Å². The molecule has 3 amide bonds. The summed E-state index contributed by atoms with van der Waals surface area (Å²) in [5, 5.41) is 10.2. The number of anilines is 3. The fourth-order valence-corrected chi connectivity index (χ4v) is 4.79. The molecule has 1 aromatic heterocycles. The van der Waals surface area contributed by atoms with Gasteiger partial charge in [-0.15, -0.1) is 11.3 Å². The van der Waals surface area contributed by atoms with Crippen LogP contribution < -0.4 is 16.0 Å². The third-order valence-electron chi connectivity index (χ3n) is 4.72. The Hall–Kier alpha value is -3.17. The summed E-state index contributed by atoms with van der Waals surface area (Å²) in [6.07, 6.45) is 3.54. The molecule has 2 aromatic carbocycles. The molecule has 9 heteroatoms. The van der Waals surface area contributed by atoms with E-state index in [4.69, 9.17) is 0 Å². The van der Waals surface area contributed by atoms with E-state index in [0.717, 1.165) is 29.3 Å². The van der Waals surface area contributed by atoms with Gasteiger partial charge >= 0.3 is 0 Å². The van der Waals surface area contributed by atoms with Crippen molar-refractivity contribution in [3.8, 4) is 0 Å². The summed E-state index contributed by atoms with van der Waals surface area (Å²) in [6, 6.07) is 14.9. The molecular formula is C25H28N4O3S2. The summed E-state index contributed by atoms with van der Waals surface area (Å²) >= 11 is 2.73. The van der Waals surface area contributed by atoms with Gasteiger partial charge in [0.15, 0.2) is 4.34 Å². The van der Waals surface area contributed by atoms with E-state index in [9.17, 15) is 14.4 Å². The lowest BCUT2D eigenvalue weighted by molar-refractivity contribution is -0.116. The van der Waals surface area contributed by atoms with Crippen LogP contribution in [-0.4, -0.2) is 28.5 Å². The Kier molecular flexibility index (Phi) is 9.66. The number of nitrogens with zero attached hydrogens (tertiary/aromatic N) is 1. The minimum absolute atomic E-state index is 0.125. The molecule has 1 heterocycles. The van der Waals surface area contributed by atoms with Crippen molar-refractivity contribution in [2.24, 2.45) is 0 Å². The maximum atomic E-state index is 12.4. The maximum absolute atomic E-state index is 12.4. The number of hydrogen-bond donors (Lipinski definition) is 3. The van der Waals surface area contributed by atoms with Crippen molar-refractivity contribution in [3.63, 3.8) is 0 Å². The lowest BCUT2D eigenvalue weighted by atomic mass is 10.1. The van der Waals surface area contributed by atoms with Crippen LogP contribution in [0.1, 0.15) is 37.9 Å². The van der Waals surface area contributed by atoms with Gasteiger partial charge in [-0.2, -0.15) is 0 Å². The molecule has 3 rings (SSSR count). The number of unbranched alkanes of at least 4 members (excludes halogenated alkanes) is 1. The maximum Gasteiger partial charge on any atom is 0.234 e. The summed E-state index contributed by atoms with van der Waals surface area (Å²) in [5.74, 6) is -0.289. The number of amides is 3. The van der Waals surface area contributed by atoms with E-state index in [1.54, 1.807) is 24.3 Å². The van der Waals surface area contributed by atoms with Crippen LogP contribution in [0.2, 0.25) is 0 Å². The minimum Gasteiger partial charge on any atom is -0.326 e. The number of carbonyl (C=O) groups is 3. The third kappa shape index (κ3) is 8.64. The highest BCUT2D eigenvalue weighted by Crippen LogP contribution is 2.24. The Labute approximate surface area is 207 Å². The van der Waals surface area contributed by atoms with E-state index >= 15 is 0 Å². The molecule has 178 valence electrons. The van der Waals surface area contributed by atoms with Gasteiger partial charge in [0.25, 0.3) is 0 Å². The van der Waals surface area contributed by atoms with Crippen molar-refractivity contribution in [3.05, 3.63) is 65.2 Å². The van der Waals surface area contributed by atoms with Crippen LogP contribution in [0.25, 0.3) is 0 Å². The molecule has 3 N–H and O–H groups in total. The number of benzene rings is 2. The summed E-state index contributed by atoms with van der Waals surface area (Å²) in [6.45, 7) is 3.60. The molecule has 0 saturated carbocycles. The first kappa shape index (κ1) is 25.5. The first-order chi connectivity index (χ1) is 16.4. The van der Waals surface area contributed by atoms with E-state index in [-0.39, 0.29) is 29.9 Å². The van der Waals surface area contributed by atoms with E-state index in [0.29, 0.717) is 17.1 Å². The van der Waals surface area contributed by atoms with Gasteiger partial charge in [-0.1, -0.05) is 43.3 Å². The van der Waals surface area contributed by atoms with Gasteiger partial charge < -0.3 is 16.0 Å². The fourth-order valence-electron chi connectivity index (χ4n) is 3.14. The van der Waals surface area contributed by atoms with Crippen molar-refractivity contribution in [2.75, 3.05) is 21.7 Å². The van der Waals surface area contributed by atoms with Crippen molar-refractivity contribution >= 4 is 57.9 Å². The molecule has 0 atom stereocenters. The fraction of sp³-hybridized carbons (Fsp3) is 0.280. The zero-order valence-electron chi connectivity index (χ0n) is 19.2. The molecule has 0 unspecified atom stereocenters. The number of aromatic nitrogens is 1. The molecule has 0 radical (unpaired) electrons. The van der Waals surface area contributed by atoms with Crippen LogP contribution in [0.5, 0.6) is 0 Å². The number of thioether (sulfide) groups is 1. The van der Waals surface area contributed by atoms with Crippen LogP contribution in [-0.2, 0) is 27.2 Å². The summed E-state index contributed by atoms with van der Waals surface area (Å²) in [5.41, 5.74) is 3.94. The van der Waals surface area contributed by atoms with Gasteiger partial charge in [0.1, 0.15) is 0 Å². The molecule has 3 aromatic rings. The van der Waals surface area contributed by atoms with Crippen molar-refractivity contribution in [2.45, 2.75) is 43.9 Å². The SMILES string of the molecule is CCCCc1ccc(NC(=O)Cc2csc(SCC(=O)Nc3cccc(NC(C)=O)c3)n2)cc1. The molecular weight excluding hydrogens is 468 g/mol. The average Bonchev–Trinajstić information content (AvgIpc) is 3.24. The summed E-state index contributed by atoms with van der Waals surface area (Å²) in [4.78, 5) is 40.3. The molecule has 7 nitrogen and oxygen atoms in total. The second kappa shape index (κ2) is 12.9. The zero-order chi connectivity index (χ0) is 24.3. The molecule has 0 aliphatic rings. The third-order valence-corrected chi connectivity index (χ3v) is 6.79. The van der Waals surface area contributed by atoms with Crippen LogP contribution in [0, 0.1) is 0 Å². The lowest BCUT2D eigenvalue weighted by Gasteiger charge is -2.07. The number of aryl methyl sites for hydroxylation is 1. The molecule has 0 bridgehead atoms. The second-order valence-corrected chi connectivity index (χ2v) is 9.81. The molecule has 0 saturated heterocycles.